The Bertz CT molecular complexity index is 281. The molecular weight excluding hydrogens is 226 g/mol. The minimum Gasteiger partial charge on any atom is -0.370 e. The van der Waals surface area contributed by atoms with Crippen molar-refractivity contribution in [1.29, 1.82) is 0 Å². The van der Waals surface area contributed by atoms with E-state index in [0.29, 0.717) is 17.9 Å². The number of rotatable bonds is 5. The van der Waals surface area contributed by atoms with Crippen LogP contribution in [0, 0.1) is 5.92 Å². The fourth-order valence-corrected chi connectivity index (χ4v) is 2.65. The van der Waals surface area contributed by atoms with Gasteiger partial charge in [0, 0.05) is 45.3 Å². The number of nitrogens with two attached hydrogens (primary N) is 1. The maximum atomic E-state index is 5.88. The number of nitrogens with zero attached hydrogens (tertiary/aromatic N) is 3. The van der Waals surface area contributed by atoms with Gasteiger partial charge in [-0.05, 0) is 12.3 Å². The van der Waals surface area contributed by atoms with E-state index in [-0.39, 0.29) is 0 Å². The normalized spacial score (nSPS) is 31.9. The third-order valence-electron chi connectivity index (χ3n) is 3.89. The van der Waals surface area contributed by atoms with Crippen LogP contribution in [-0.2, 0) is 0 Å². The number of fused-ring (bicyclic) bond motifs is 3. The van der Waals surface area contributed by atoms with E-state index < -0.39 is 0 Å². The summed E-state index contributed by atoms with van der Waals surface area (Å²) in [4.78, 5) is 9.56. The van der Waals surface area contributed by atoms with E-state index in [1.54, 1.807) is 0 Å². The molecule has 0 spiro atoms. The SMILES string of the molecule is CC(C)CCNC(N)=NCC1CN2CCN1CC2. The maximum Gasteiger partial charge on any atom is 0.188 e. The van der Waals surface area contributed by atoms with Crippen molar-refractivity contribution < 1.29 is 0 Å². The first-order valence-corrected chi connectivity index (χ1v) is 7.15. The van der Waals surface area contributed by atoms with Crippen LogP contribution in [-0.4, -0.2) is 67.6 Å². The van der Waals surface area contributed by atoms with E-state index in [1.165, 1.54) is 26.2 Å². The lowest BCUT2D eigenvalue weighted by molar-refractivity contribution is 0.0174. The Kier molecular flexibility index (Phi) is 4.83. The van der Waals surface area contributed by atoms with Crippen LogP contribution < -0.4 is 11.1 Å². The molecule has 2 bridgehead atoms. The molecule has 3 fully saturated rings. The van der Waals surface area contributed by atoms with Gasteiger partial charge in [-0.25, -0.2) is 0 Å². The molecule has 5 nitrogen and oxygen atoms in total. The van der Waals surface area contributed by atoms with Crippen molar-refractivity contribution in [3.8, 4) is 0 Å². The summed E-state index contributed by atoms with van der Waals surface area (Å²) in [5.74, 6) is 1.31. The van der Waals surface area contributed by atoms with Crippen LogP contribution >= 0.6 is 0 Å². The van der Waals surface area contributed by atoms with Crippen LogP contribution in [0.15, 0.2) is 4.99 Å². The summed E-state index contributed by atoms with van der Waals surface area (Å²) in [7, 11) is 0. The van der Waals surface area contributed by atoms with E-state index >= 15 is 0 Å². The van der Waals surface area contributed by atoms with Crippen LogP contribution in [0.1, 0.15) is 20.3 Å². The Hall–Kier alpha value is -0.810. The summed E-state index contributed by atoms with van der Waals surface area (Å²) in [6, 6.07) is 0.568. The lowest BCUT2D eigenvalue weighted by Gasteiger charge is -2.47. The van der Waals surface area contributed by atoms with Crippen LogP contribution in [0.5, 0.6) is 0 Å². The second-order valence-electron chi connectivity index (χ2n) is 5.83. The molecule has 18 heavy (non-hydrogen) atoms. The van der Waals surface area contributed by atoms with Gasteiger partial charge in [-0.2, -0.15) is 0 Å². The van der Waals surface area contributed by atoms with Crippen LogP contribution in [0.3, 0.4) is 0 Å². The Labute approximate surface area is 110 Å². The van der Waals surface area contributed by atoms with Gasteiger partial charge in [-0.3, -0.25) is 14.8 Å². The van der Waals surface area contributed by atoms with Gasteiger partial charge in [0.25, 0.3) is 0 Å². The van der Waals surface area contributed by atoms with E-state index in [1.807, 2.05) is 0 Å². The summed E-state index contributed by atoms with van der Waals surface area (Å²) in [5, 5.41) is 3.19. The topological polar surface area (TPSA) is 56.9 Å². The van der Waals surface area contributed by atoms with E-state index in [4.69, 9.17) is 5.73 Å². The number of hydrogen-bond acceptors (Lipinski definition) is 3. The molecule has 0 aromatic rings. The van der Waals surface area contributed by atoms with Crippen molar-refractivity contribution in [2.24, 2.45) is 16.6 Å². The summed E-state index contributed by atoms with van der Waals surface area (Å²) < 4.78 is 0. The standard InChI is InChI=1S/C13H27N5/c1-11(2)3-4-15-13(14)16-9-12-10-17-5-7-18(12)8-6-17/h11-12H,3-10H2,1-2H3,(H3,14,15,16). The number of nitrogens with one attached hydrogen (secondary N) is 1. The predicted octanol–water partition coefficient (Wildman–Crippen LogP) is -0.0634. The van der Waals surface area contributed by atoms with Crippen molar-refractivity contribution in [3.63, 3.8) is 0 Å². The smallest absolute Gasteiger partial charge is 0.188 e. The number of guanidine groups is 1. The van der Waals surface area contributed by atoms with Gasteiger partial charge in [-0.1, -0.05) is 13.8 Å². The van der Waals surface area contributed by atoms with Crippen LogP contribution in [0.2, 0.25) is 0 Å². The van der Waals surface area contributed by atoms with E-state index in [9.17, 15) is 0 Å². The lowest BCUT2D eigenvalue weighted by Crippen LogP contribution is -2.61. The molecule has 3 N–H and O–H groups in total. The Morgan fingerprint density at radius 1 is 1.33 bits per heavy atom. The quantitative estimate of drug-likeness (QED) is 0.532. The zero-order valence-corrected chi connectivity index (χ0v) is 11.7. The molecule has 0 radical (unpaired) electrons. The minimum absolute atomic E-state index is 0.568. The summed E-state index contributed by atoms with van der Waals surface area (Å²) >= 11 is 0. The number of hydrogen-bond donors (Lipinski definition) is 2. The van der Waals surface area contributed by atoms with Crippen LogP contribution in [0.4, 0.5) is 0 Å². The van der Waals surface area contributed by atoms with Gasteiger partial charge in [0.2, 0.25) is 0 Å². The predicted molar refractivity (Wildman–Crippen MR) is 75.7 cm³/mol. The van der Waals surface area contributed by atoms with Crippen molar-refractivity contribution in [1.82, 2.24) is 15.1 Å². The lowest BCUT2D eigenvalue weighted by atomic mass is 10.1. The summed E-state index contributed by atoms with van der Waals surface area (Å²) in [6.45, 7) is 12.2. The molecule has 3 aliphatic rings. The third-order valence-corrected chi connectivity index (χ3v) is 3.89. The zero-order chi connectivity index (χ0) is 13.0. The first-order chi connectivity index (χ1) is 8.65. The van der Waals surface area contributed by atoms with Gasteiger partial charge >= 0.3 is 0 Å². The molecule has 3 heterocycles. The average molecular weight is 253 g/mol. The average Bonchev–Trinajstić information content (AvgIpc) is 2.37. The fourth-order valence-electron chi connectivity index (χ4n) is 2.65. The molecule has 5 heteroatoms. The Balaban J connectivity index is 1.69. The second kappa shape index (κ2) is 6.38. The highest BCUT2D eigenvalue weighted by Crippen LogP contribution is 2.15. The van der Waals surface area contributed by atoms with Gasteiger partial charge in [0.05, 0.1) is 6.54 Å². The minimum atomic E-state index is 0.568. The highest BCUT2D eigenvalue weighted by molar-refractivity contribution is 5.77. The van der Waals surface area contributed by atoms with Crippen molar-refractivity contribution >= 4 is 5.96 Å². The second-order valence-corrected chi connectivity index (χ2v) is 5.83. The molecule has 1 atom stereocenters. The first kappa shape index (κ1) is 13.6. The molecule has 0 amide bonds. The van der Waals surface area contributed by atoms with Gasteiger partial charge < -0.3 is 11.1 Å². The maximum absolute atomic E-state index is 5.88. The number of piperazine rings is 3. The summed E-state index contributed by atoms with van der Waals surface area (Å²) in [6.07, 6.45) is 1.14. The Morgan fingerprint density at radius 3 is 2.61 bits per heavy atom. The molecule has 3 saturated heterocycles. The monoisotopic (exact) mass is 253 g/mol. The largest absolute Gasteiger partial charge is 0.370 e. The van der Waals surface area contributed by atoms with Crippen molar-refractivity contribution in [2.75, 3.05) is 45.8 Å². The molecule has 1 unspecified atom stereocenters. The molecule has 0 saturated carbocycles. The van der Waals surface area contributed by atoms with Crippen molar-refractivity contribution in [3.05, 3.63) is 0 Å². The molecule has 104 valence electrons. The van der Waals surface area contributed by atoms with Gasteiger partial charge in [0.1, 0.15) is 0 Å². The van der Waals surface area contributed by atoms with Gasteiger partial charge in [0.15, 0.2) is 5.96 Å². The molecule has 3 aliphatic heterocycles. The van der Waals surface area contributed by atoms with Crippen molar-refractivity contribution in [2.45, 2.75) is 26.3 Å². The highest BCUT2D eigenvalue weighted by atomic mass is 15.3. The number of aliphatic imine (C=N–C) groups is 1. The zero-order valence-electron chi connectivity index (χ0n) is 11.7. The molecule has 3 rings (SSSR count). The van der Waals surface area contributed by atoms with Crippen LogP contribution in [0.25, 0.3) is 0 Å². The molecular formula is C13H27N5. The third kappa shape index (κ3) is 3.85. The van der Waals surface area contributed by atoms with E-state index in [0.717, 1.165) is 26.1 Å². The Morgan fingerprint density at radius 2 is 2.06 bits per heavy atom. The molecule has 0 aliphatic carbocycles. The summed E-state index contributed by atoms with van der Waals surface area (Å²) in [5.41, 5.74) is 5.88. The fraction of sp³-hybridized carbons (Fsp3) is 0.923. The van der Waals surface area contributed by atoms with Gasteiger partial charge in [-0.15, -0.1) is 0 Å². The molecule has 0 aromatic heterocycles. The molecule has 0 aromatic carbocycles. The highest BCUT2D eigenvalue weighted by Gasteiger charge is 2.31. The first-order valence-electron chi connectivity index (χ1n) is 7.15. The van der Waals surface area contributed by atoms with E-state index in [2.05, 4.69) is 34.0 Å².